The van der Waals surface area contributed by atoms with E-state index in [1.807, 2.05) is 4.90 Å². The molecule has 2 aliphatic rings. The van der Waals surface area contributed by atoms with Crippen molar-refractivity contribution in [2.24, 2.45) is 5.92 Å². The van der Waals surface area contributed by atoms with Crippen molar-refractivity contribution in [2.45, 2.75) is 25.9 Å². The van der Waals surface area contributed by atoms with Gasteiger partial charge in [0.15, 0.2) is 0 Å². The number of likely N-dealkylation sites (tertiary alicyclic amines) is 1. The third kappa shape index (κ3) is 2.49. The predicted octanol–water partition coefficient (Wildman–Crippen LogP) is 0.233. The molecule has 4 nitrogen and oxygen atoms in total. The monoisotopic (exact) mass is 212 g/mol. The summed E-state index contributed by atoms with van der Waals surface area (Å²) in [4.78, 5) is 14.0. The second-order valence-corrected chi connectivity index (χ2v) is 4.41. The molecule has 2 atom stereocenters. The second kappa shape index (κ2) is 4.94. The number of morpholine rings is 1. The molecule has 0 spiro atoms. The summed E-state index contributed by atoms with van der Waals surface area (Å²) in [5, 5.41) is 3.19. The first kappa shape index (κ1) is 10.9. The van der Waals surface area contributed by atoms with Gasteiger partial charge in [0.25, 0.3) is 5.91 Å². The van der Waals surface area contributed by atoms with Crippen LogP contribution in [0.3, 0.4) is 0 Å². The SMILES string of the molecule is CCC1CCN(C(=O)[C@H]2CNCCO2)C1. The summed E-state index contributed by atoms with van der Waals surface area (Å²) in [6, 6.07) is 0. The van der Waals surface area contributed by atoms with Crippen LogP contribution < -0.4 is 5.32 Å². The van der Waals surface area contributed by atoms with Gasteiger partial charge >= 0.3 is 0 Å². The molecule has 0 aromatic rings. The van der Waals surface area contributed by atoms with Crippen molar-refractivity contribution in [3.05, 3.63) is 0 Å². The van der Waals surface area contributed by atoms with Crippen LogP contribution in [0, 0.1) is 5.92 Å². The summed E-state index contributed by atoms with van der Waals surface area (Å²) in [6.07, 6.45) is 2.09. The fraction of sp³-hybridized carbons (Fsp3) is 0.909. The molecule has 4 heteroatoms. The van der Waals surface area contributed by atoms with Gasteiger partial charge in [0.05, 0.1) is 6.61 Å². The van der Waals surface area contributed by atoms with Crippen LogP contribution in [-0.2, 0) is 9.53 Å². The van der Waals surface area contributed by atoms with E-state index in [0.29, 0.717) is 19.1 Å². The Hall–Kier alpha value is -0.610. The van der Waals surface area contributed by atoms with E-state index < -0.39 is 0 Å². The zero-order valence-electron chi connectivity index (χ0n) is 9.37. The molecule has 1 unspecified atom stereocenters. The molecule has 2 fully saturated rings. The summed E-state index contributed by atoms with van der Waals surface area (Å²) in [7, 11) is 0. The van der Waals surface area contributed by atoms with E-state index in [9.17, 15) is 4.79 Å². The van der Waals surface area contributed by atoms with Gasteiger partial charge in [-0.1, -0.05) is 13.3 Å². The first-order chi connectivity index (χ1) is 7.31. The van der Waals surface area contributed by atoms with Crippen molar-refractivity contribution in [1.29, 1.82) is 0 Å². The second-order valence-electron chi connectivity index (χ2n) is 4.41. The maximum absolute atomic E-state index is 12.0. The maximum Gasteiger partial charge on any atom is 0.253 e. The van der Waals surface area contributed by atoms with E-state index in [4.69, 9.17) is 4.74 Å². The van der Waals surface area contributed by atoms with Gasteiger partial charge in [0, 0.05) is 26.2 Å². The molecule has 86 valence electrons. The zero-order chi connectivity index (χ0) is 10.7. The number of nitrogens with one attached hydrogen (secondary N) is 1. The largest absolute Gasteiger partial charge is 0.366 e. The third-order valence-corrected chi connectivity index (χ3v) is 3.38. The Morgan fingerprint density at radius 1 is 1.60 bits per heavy atom. The summed E-state index contributed by atoms with van der Waals surface area (Å²) in [5.74, 6) is 0.878. The van der Waals surface area contributed by atoms with Gasteiger partial charge in [-0.2, -0.15) is 0 Å². The smallest absolute Gasteiger partial charge is 0.253 e. The highest BCUT2D eigenvalue weighted by atomic mass is 16.5. The lowest BCUT2D eigenvalue weighted by atomic mass is 10.1. The van der Waals surface area contributed by atoms with Crippen LogP contribution in [0.25, 0.3) is 0 Å². The van der Waals surface area contributed by atoms with Crippen molar-refractivity contribution in [3.8, 4) is 0 Å². The Kier molecular flexibility index (Phi) is 3.59. The van der Waals surface area contributed by atoms with E-state index in [2.05, 4.69) is 12.2 Å². The highest BCUT2D eigenvalue weighted by Crippen LogP contribution is 2.20. The van der Waals surface area contributed by atoms with Crippen LogP contribution in [0.5, 0.6) is 0 Å². The number of carbonyl (C=O) groups is 1. The molecule has 1 N–H and O–H groups in total. The third-order valence-electron chi connectivity index (χ3n) is 3.38. The molecule has 0 aromatic heterocycles. The van der Waals surface area contributed by atoms with Gasteiger partial charge in [-0.15, -0.1) is 0 Å². The van der Waals surface area contributed by atoms with Gasteiger partial charge < -0.3 is 15.0 Å². The molecule has 1 amide bonds. The highest BCUT2D eigenvalue weighted by molar-refractivity contribution is 5.81. The summed E-state index contributed by atoms with van der Waals surface area (Å²) in [5.41, 5.74) is 0. The van der Waals surface area contributed by atoms with E-state index in [1.165, 1.54) is 6.42 Å². The van der Waals surface area contributed by atoms with Gasteiger partial charge in [0.2, 0.25) is 0 Å². The van der Waals surface area contributed by atoms with E-state index in [1.54, 1.807) is 0 Å². The Morgan fingerprint density at radius 3 is 3.07 bits per heavy atom. The number of nitrogens with zero attached hydrogens (tertiary/aromatic N) is 1. The standard InChI is InChI=1S/C11H20N2O2/c1-2-9-3-5-13(8-9)11(14)10-7-12-4-6-15-10/h9-10,12H,2-8H2,1H3/t9?,10-/m1/s1. The molecule has 2 rings (SSSR count). The van der Waals surface area contributed by atoms with Crippen LogP contribution in [-0.4, -0.2) is 49.7 Å². The summed E-state index contributed by atoms with van der Waals surface area (Å²) in [6.45, 7) is 6.22. The topological polar surface area (TPSA) is 41.6 Å². The minimum atomic E-state index is -0.241. The van der Waals surface area contributed by atoms with Crippen molar-refractivity contribution in [3.63, 3.8) is 0 Å². The van der Waals surface area contributed by atoms with Gasteiger partial charge in [-0.3, -0.25) is 4.79 Å². The fourth-order valence-corrected chi connectivity index (χ4v) is 2.29. The average Bonchev–Trinajstić information content (AvgIpc) is 2.78. The minimum Gasteiger partial charge on any atom is -0.366 e. The van der Waals surface area contributed by atoms with Crippen LogP contribution in [0.2, 0.25) is 0 Å². The normalized spacial score (nSPS) is 31.9. The van der Waals surface area contributed by atoms with Crippen molar-refractivity contribution in [2.75, 3.05) is 32.8 Å². The van der Waals surface area contributed by atoms with Crippen molar-refractivity contribution in [1.82, 2.24) is 10.2 Å². The Morgan fingerprint density at radius 2 is 2.47 bits per heavy atom. The molecule has 0 aliphatic carbocycles. The molecular formula is C11H20N2O2. The lowest BCUT2D eigenvalue weighted by Gasteiger charge is -2.27. The molecule has 2 aliphatic heterocycles. The Bertz CT molecular complexity index is 227. The molecular weight excluding hydrogens is 192 g/mol. The Balaban J connectivity index is 1.85. The molecule has 0 bridgehead atoms. The highest BCUT2D eigenvalue weighted by Gasteiger charge is 2.31. The number of hydrogen-bond acceptors (Lipinski definition) is 3. The summed E-state index contributed by atoms with van der Waals surface area (Å²) < 4.78 is 5.47. The Labute approximate surface area is 91.0 Å². The zero-order valence-corrected chi connectivity index (χ0v) is 9.37. The number of ether oxygens (including phenoxy) is 1. The fourth-order valence-electron chi connectivity index (χ4n) is 2.29. The van der Waals surface area contributed by atoms with Gasteiger partial charge in [0.1, 0.15) is 6.10 Å². The molecule has 0 aromatic carbocycles. The molecule has 0 radical (unpaired) electrons. The van der Waals surface area contributed by atoms with Crippen molar-refractivity contribution < 1.29 is 9.53 Å². The maximum atomic E-state index is 12.0. The molecule has 2 heterocycles. The number of carbonyl (C=O) groups excluding carboxylic acids is 1. The number of rotatable bonds is 2. The predicted molar refractivity (Wildman–Crippen MR) is 57.6 cm³/mol. The molecule has 15 heavy (non-hydrogen) atoms. The number of amides is 1. The lowest BCUT2D eigenvalue weighted by Crippen LogP contribution is -2.48. The van der Waals surface area contributed by atoms with Crippen LogP contribution in [0.1, 0.15) is 19.8 Å². The summed E-state index contributed by atoms with van der Waals surface area (Å²) >= 11 is 0. The first-order valence-electron chi connectivity index (χ1n) is 5.92. The van der Waals surface area contributed by atoms with Gasteiger partial charge in [-0.25, -0.2) is 0 Å². The van der Waals surface area contributed by atoms with E-state index in [0.717, 1.165) is 26.1 Å². The van der Waals surface area contributed by atoms with E-state index in [-0.39, 0.29) is 12.0 Å². The average molecular weight is 212 g/mol. The molecule has 0 saturated carbocycles. The van der Waals surface area contributed by atoms with Gasteiger partial charge in [-0.05, 0) is 12.3 Å². The first-order valence-corrected chi connectivity index (χ1v) is 5.92. The number of hydrogen-bond donors (Lipinski definition) is 1. The van der Waals surface area contributed by atoms with Crippen LogP contribution >= 0.6 is 0 Å². The minimum absolute atomic E-state index is 0.179. The van der Waals surface area contributed by atoms with E-state index >= 15 is 0 Å². The quantitative estimate of drug-likeness (QED) is 0.712. The lowest BCUT2D eigenvalue weighted by molar-refractivity contribution is -0.144. The van der Waals surface area contributed by atoms with Crippen molar-refractivity contribution >= 4 is 5.91 Å². The molecule has 2 saturated heterocycles. The van der Waals surface area contributed by atoms with Crippen LogP contribution in [0.15, 0.2) is 0 Å². The van der Waals surface area contributed by atoms with Crippen LogP contribution in [0.4, 0.5) is 0 Å².